The largest absolute Gasteiger partial charge is 0.573 e. The Kier molecular flexibility index (Phi) is 9.00. The van der Waals surface area contributed by atoms with E-state index in [-0.39, 0.29) is 29.7 Å². The number of hydrogen-bond acceptors (Lipinski definition) is 4. The maximum Gasteiger partial charge on any atom is 0.573 e. The molecule has 1 N–H and O–H groups in total. The van der Waals surface area contributed by atoms with Crippen molar-refractivity contribution in [3.63, 3.8) is 0 Å². The number of nitrogens with zero attached hydrogens (tertiary/aromatic N) is 4. The number of aromatic nitrogens is 1. The second kappa shape index (κ2) is 11.2. The van der Waals surface area contributed by atoms with Crippen molar-refractivity contribution >= 4 is 35.8 Å². The zero-order valence-corrected chi connectivity index (χ0v) is 18.9. The van der Waals surface area contributed by atoms with Crippen LogP contribution in [0.5, 0.6) is 5.75 Å². The molecule has 0 amide bonds. The fourth-order valence-corrected chi connectivity index (χ4v) is 3.20. The van der Waals surface area contributed by atoms with Gasteiger partial charge in [0.1, 0.15) is 11.6 Å². The van der Waals surface area contributed by atoms with Gasteiger partial charge in [0.2, 0.25) is 0 Å². The van der Waals surface area contributed by atoms with E-state index in [1.165, 1.54) is 12.1 Å². The summed E-state index contributed by atoms with van der Waals surface area (Å²) in [5.41, 5.74) is 0.919. The van der Waals surface area contributed by atoms with Crippen LogP contribution in [-0.2, 0) is 6.42 Å². The molecule has 10 heteroatoms. The predicted molar refractivity (Wildman–Crippen MR) is 122 cm³/mol. The topological polar surface area (TPSA) is 53.0 Å². The van der Waals surface area contributed by atoms with Crippen molar-refractivity contribution in [3.8, 4) is 5.75 Å². The average molecular weight is 535 g/mol. The first kappa shape index (κ1) is 24.0. The summed E-state index contributed by atoms with van der Waals surface area (Å²) in [5, 5.41) is 3.33. The summed E-state index contributed by atoms with van der Waals surface area (Å²) >= 11 is 0. The van der Waals surface area contributed by atoms with E-state index >= 15 is 0 Å². The number of halogens is 4. The Morgan fingerprint density at radius 3 is 2.37 bits per heavy atom. The molecule has 1 aromatic heterocycles. The molecule has 0 atom stereocenters. The summed E-state index contributed by atoms with van der Waals surface area (Å²) < 4.78 is 40.5. The molecule has 0 bridgehead atoms. The van der Waals surface area contributed by atoms with Gasteiger partial charge in [-0.05, 0) is 36.2 Å². The van der Waals surface area contributed by atoms with E-state index in [9.17, 15) is 13.2 Å². The number of nitrogens with one attached hydrogen (secondary N) is 1. The highest BCUT2D eigenvalue weighted by molar-refractivity contribution is 14.0. The summed E-state index contributed by atoms with van der Waals surface area (Å²) in [5.74, 6) is 1.59. The molecule has 0 radical (unpaired) electrons. The van der Waals surface area contributed by atoms with Crippen LogP contribution in [0.2, 0.25) is 0 Å². The van der Waals surface area contributed by atoms with Crippen LogP contribution in [-0.4, -0.2) is 62.0 Å². The number of aliphatic imine (C=N–C) groups is 1. The van der Waals surface area contributed by atoms with Crippen molar-refractivity contribution in [3.05, 3.63) is 54.2 Å². The second-order valence-corrected chi connectivity index (χ2v) is 6.58. The number of benzene rings is 1. The molecule has 6 nitrogen and oxygen atoms in total. The van der Waals surface area contributed by atoms with Gasteiger partial charge in [0, 0.05) is 46.0 Å². The van der Waals surface area contributed by atoms with Gasteiger partial charge in [0.25, 0.3) is 0 Å². The molecule has 3 rings (SSSR count). The normalized spacial score (nSPS) is 14.9. The summed E-state index contributed by atoms with van der Waals surface area (Å²) in [6.07, 6.45) is -2.21. The lowest BCUT2D eigenvalue weighted by Crippen LogP contribution is -2.53. The number of ether oxygens (including phenoxy) is 1. The molecular formula is C20H25F3IN5O. The van der Waals surface area contributed by atoms with Crippen molar-refractivity contribution in [2.24, 2.45) is 4.99 Å². The van der Waals surface area contributed by atoms with Gasteiger partial charge in [-0.3, -0.25) is 4.99 Å². The van der Waals surface area contributed by atoms with Crippen LogP contribution < -0.4 is 15.0 Å². The highest BCUT2D eigenvalue weighted by atomic mass is 127. The summed E-state index contributed by atoms with van der Waals surface area (Å²) in [7, 11) is 1.75. The second-order valence-electron chi connectivity index (χ2n) is 6.58. The third kappa shape index (κ3) is 7.22. The monoisotopic (exact) mass is 535 g/mol. The standard InChI is InChI=1S/C20H24F3N5O.HI/c1-24-19(28-14-12-27(13-15-28)18-4-2-3-10-25-18)26-11-9-16-5-7-17(8-6-16)29-20(21,22)23;/h2-8,10H,9,11-15H2,1H3,(H,24,26);1H. The molecule has 1 aliphatic rings. The molecule has 0 aliphatic carbocycles. The first-order valence-corrected chi connectivity index (χ1v) is 9.41. The SMILES string of the molecule is CN=C(NCCc1ccc(OC(F)(F)F)cc1)N1CCN(c2ccccn2)CC1.I. The molecule has 2 heterocycles. The van der Waals surface area contributed by atoms with Gasteiger partial charge in [-0.25, -0.2) is 4.98 Å². The van der Waals surface area contributed by atoms with Crippen LogP contribution in [0.1, 0.15) is 5.56 Å². The summed E-state index contributed by atoms with van der Waals surface area (Å²) in [4.78, 5) is 13.2. The molecule has 0 unspecified atom stereocenters. The Morgan fingerprint density at radius 2 is 1.80 bits per heavy atom. The van der Waals surface area contributed by atoms with E-state index < -0.39 is 6.36 Å². The Balaban J connectivity index is 0.00000320. The molecule has 0 saturated carbocycles. The average Bonchev–Trinajstić information content (AvgIpc) is 2.72. The zero-order chi connectivity index (χ0) is 20.7. The van der Waals surface area contributed by atoms with E-state index in [2.05, 4.69) is 29.8 Å². The van der Waals surface area contributed by atoms with Gasteiger partial charge in [0.15, 0.2) is 5.96 Å². The van der Waals surface area contributed by atoms with E-state index in [4.69, 9.17) is 0 Å². The smallest absolute Gasteiger partial charge is 0.406 e. The van der Waals surface area contributed by atoms with Gasteiger partial charge in [-0.1, -0.05) is 18.2 Å². The van der Waals surface area contributed by atoms with Crippen molar-refractivity contribution < 1.29 is 17.9 Å². The first-order valence-electron chi connectivity index (χ1n) is 9.41. The zero-order valence-electron chi connectivity index (χ0n) is 16.6. The van der Waals surface area contributed by atoms with Gasteiger partial charge in [0.05, 0.1) is 0 Å². The molecule has 2 aromatic rings. The molecule has 1 aliphatic heterocycles. The van der Waals surface area contributed by atoms with Gasteiger partial charge in [-0.2, -0.15) is 0 Å². The Bertz CT molecular complexity index is 794. The molecule has 0 spiro atoms. The highest BCUT2D eigenvalue weighted by Crippen LogP contribution is 2.22. The van der Waals surface area contributed by atoms with E-state index in [1.54, 1.807) is 25.4 Å². The first-order chi connectivity index (χ1) is 13.9. The minimum atomic E-state index is -4.67. The van der Waals surface area contributed by atoms with Crippen LogP contribution in [0.15, 0.2) is 53.7 Å². The van der Waals surface area contributed by atoms with Gasteiger partial charge in [-0.15, -0.1) is 37.1 Å². The third-order valence-electron chi connectivity index (χ3n) is 4.62. The predicted octanol–water partition coefficient (Wildman–Crippen LogP) is 3.54. The quantitative estimate of drug-likeness (QED) is 0.361. The molecular weight excluding hydrogens is 510 g/mol. The van der Waals surface area contributed by atoms with Gasteiger partial charge >= 0.3 is 6.36 Å². The molecule has 1 aromatic carbocycles. The molecule has 1 fully saturated rings. The molecule has 164 valence electrons. The number of hydrogen-bond donors (Lipinski definition) is 1. The minimum Gasteiger partial charge on any atom is -0.406 e. The van der Waals surface area contributed by atoms with E-state index in [1.807, 2.05) is 18.2 Å². The van der Waals surface area contributed by atoms with Crippen LogP contribution in [0.3, 0.4) is 0 Å². The fourth-order valence-electron chi connectivity index (χ4n) is 3.20. The Morgan fingerprint density at radius 1 is 1.10 bits per heavy atom. The van der Waals surface area contributed by atoms with Crippen LogP contribution >= 0.6 is 24.0 Å². The van der Waals surface area contributed by atoms with Crippen LogP contribution in [0.4, 0.5) is 19.0 Å². The number of guanidine groups is 1. The maximum atomic E-state index is 12.2. The highest BCUT2D eigenvalue weighted by Gasteiger charge is 2.30. The van der Waals surface area contributed by atoms with E-state index in [0.29, 0.717) is 13.0 Å². The van der Waals surface area contributed by atoms with Crippen molar-refractivity contribution in [2.45, 2.75) is 12.8 Å². The number of alkyl halides is 3. The number of piperazine rings is 1. The lowest BCUT2D eigenvalue weighted by molar-refractivity contribution is -0.274. The third-order valence-corrected chi connectivity index (χ3v) is 4.62. The van der Waals surface area contributed by atoms with Crippen molar-refractivity contribution in [2.75, 3.05) is 44.7 Å². The molecule has 1 saturated heterocycles. The maximum absolute atomic E-state index is 12.2. The Hall–Kier alpha value is -2.24. The Labute approximate surface area is 191 Å². The van der Waals surface area contributed by atoms with E-state index in [0.717, 1.165) is 43.5 Å². The van der Waals surface area contributed by atoms with Crippen LogP contribution in [0, 0.1) is 0 Å². The minimum absolute atomic E-state index is 0. The number of anilines is 1. The lowest BCUT2D eigenvalue weighted by Gasteiger charge is -2.37. The fraction of sp³-hybridized carbons (Fsp3) is 0.400. The summed E-state index contributed by atoms with van der Waals surface area (Å²) in [6.45, 7) is 4.02. The van der Waals surface area contributed by atoms with Crippen LogP contribution in [0.25, 0.3) is 0 Å². The molecule has 30 heavy (non-hydrogen) atoms. The number of rotatable bonds is 5. The lowest BCUT2D eigenvalue weighted by atomic mass is 10.1. The number of pyridine rings is 1. The van der Waals surface area contributed by atoms with Gasteiger partial charge < -0.3 is 19.9 Å². The van der Waals surface area contributed by atoms with Crippen molar-refractivity contribution in [1.82, 2.24) is 15.2 Å². The van der Waals surface area contributed by atoms with Crippen molar-refractivity contribution in [1.29, 1.82) is 0 Å². The summed E-state index contributed by atoms with van der Waals surface area (Å²) in [6, 6.07) is 11.8.